The molecule has 1 heterocycles. The molecule has 3 heteroatoms. The maximum atomic E-state index is 4.83. The molecule has 1 aliphatic rings. The Hall–Kier alpha value is -3.33. The molecule has 0 N–H and O–H groups in total. The summed E-state index contributed by atoms with van der Waals surface area (Å²) in [7, 11) is 0. The normalized spacial score (nSPS) is 13.7. The molecule has 0 saturated carbocycles. The molecule has 0 fully saturated rings. The number of fused-ring (bicyclic) bond motifs is 3. The zero-order chi connectivity index (χ0) is 20.7. The van der Waals surface area contributed by atoms with E-state index in [2.05, 4.69) is 66.3 Å². The second-order valence-electron chi connectivity index (χ2n) is 7.99. The van der Waals surface area contributed by atoms with E-state index in [1.807, 2.05) is 37.3 Å². The fourth-order valence-corrected chi connectivity index (χ4v) is 4.93. The largest absolute Gasteiger partial charge is 0.213 e. The number of benzene rings is 3. The molecule has 30 heavy (non-hydrogen) atoms. The zero-order valence-electron chi connectivity index (χ0n) is 17.7. The van der Waals surface area contributed by atoms with E-state index in [9.17, 15) is 0 Å². The van der Waals surface area contributed by atoms with Gasteiger partial charge in [-0.05, 0) is 48.1 Å². The van der Waals surface area contributed by atoms with E-state index in [0.29, 0.717) is 0 Å². The van der Waals surface area contributed by atoms with Crippen molar-refractivity contribution >= 4 is 0 Å². The number of nitrogens with zero attached hydrogens (tertiary/aromatic N) is 3. The Morgan fingerprint density at radius 2 is 1.27 bits per heavy atom. The van der Waals surface area contributed by atoms with Gasteiger partial charge in [-0.25, -0.2) is 15.0 Å². The number of aromatic nitrogens is 3. The van der Waals surface area contributed by atoms with Crippen molar-refractivity contribution in [1.29, 1.82) is 0 Å². The van der Waals surface area contributed by atoms with Crippen LogP contribution in [0.1, 0.15) is 43.6 Å². The highest BCUT2D eigenvalue weighted by Crippen LogP contribution is 2.53. The molecule has 3 aromatic carbocycles. The lowest BCUT2D eigenvalue weighted by Crippen LogP contribution is -2.23. The van der Waals surface area contributed by atoms with Crippen molar-refractivity contribution in [2.45, 2.75) is 39.0 Å². The molecule has 0 unspecified atom stereocenters. The molecule has 0 atom stereocenters. The summed E-state index contributed by atoms with van der Waals surface area (Å²) in [5.74, 6) is 2.19. The molecule has 0 radical (unpaired) electrons. The quantitative estimate of drug-likeness (QED) is 0.393. The Labute approximate surface area is 177 Å². The third-order valence-electron chi connectivity index (χ3n) is 6.51. The first-order valence-corrected chi connectivity index (χ1v) is 10.7. The third-order valence-corrected chi connectivity index (χ3v) is 6.51. The standard InChI is InChI=1S/C27H25N3/c1-4-27(5-2)23-14-10-9-13-21(23)22-16-15-20(17-24(22)27)26-29-18(3)28-25(30-26)19-11-7-6-8-12-19/h6-17H,4-5H2,1-3H3. The van der Waals surface area contributed by atoms with Crippen LogP contribution in [0.5, 0.6) is 0 Å². The van der Waals surface area contributed by atoms with Crippen molar-refractivity contribution in [3.8, 4) is 33.9 Å². The summed E-state index contributed by atoms with van der Waals surface area (Å²) in [4.78, 5) is 14.1. The van der Waals surface area contributed by atoms with Gasteiger partial charge in [0.2, 0.25) is 0 Å². The van der Waals surface area contributed by atoms with E-state index in [-0.39, 0.29) is 5.41 Å². The Morgan fingerprint density at radius 3 is 2.00 bits per heavy atom. The highest BCUT2D eigenvalue weighted by Gasteiger charge is 2.40. The summed E-state index contributed by atoms with van der Waals surface area (Å²) in [6.45, 7) is 6.52. The fourth-order valence-electron chi connectivity index (χ4n) is 4.93. The van der Waals surface area contributed by atoms with Gasteiger partial charge >= 0.3 is 0 Å². The Balaban J connectivity index is 1.68. The summed E-state index contributed by atoms with van der Waals surface area (Å²) < 4.78 is 0. The number of hydrogen-bond donors (Lipinski definition) is 0. The van der Waals surface area contributed by atoms with Gasteiger partial charge in [0, 0.05) is 16.5 Å². The van der Waals surface area contributed by atoms with E-state index in [4.69, 9.17) is 4.98 Å². The monoisotopic (exact) mass is 391 g/mol. The van der Waals surface area contributed by atoms with Crippen molar-refractivity contribution in [2.24, 2.45) is 0 Å². The van der Waals surface area contributed by atoms with Crippen molar-refractivity contribution in [1.82, 2.24) is 15.0 Å². The van der Waals surface area contributed by atoms with Crippen molar-refractivity contribution in [2.75, 3.05) is 0 Å². The van der Waals surface area contributed by atoms with Crippen LogP contribution in [0.3, 0.4) is 0 Å². The number of aryl methyl sites for hydroxylation is 1. The minimum atomic E-state index is 0.0479. The zero-order valence-corrected chi connectivity index (χ0v) is 17.7. The van der Waals surface area contributed by atoms with Crippen LogP contribution in [0.25, 0.3) is 33.9 Å². The molecule has 4 aromatic rings. The molecule has 0 amide bonds. The lowest BCUT2D eigenvalue weighted by molar-refractivity contribution is 0.490. The first kappa shape index (κ1) is 18.7. The van der Waals surface area contributed by atoms with Crippen molar-refractivity contribution in [3.05, 3.63) is 89.7 Å². The van der Waals surface area contributed by atoms with Crippen LogP contribution in [0.4, 0.5) is 0 Å². The minimum absolute atomic E-state index is 0.0479. The Kier molecular flexibility index (Phi) is 4.47. The molecule has 1 aromatic heterocycles. The van der Waals surface area contributed by atoms with E-state index in [1.54, 1.807) is 0 Å². The highest BCUT2D eigenvalue weighted by molar-refractivity contribution is 5.83. The first-order valence-electron chi connectivity index (χ1n) is 10.7. The van der Waals surface area contributed by atoms with Gasteiger partial charge in [-0.3, -0.25) is 0 Å². The second kappa shape index (κ2) is 7.17. The van der Waals surface area contributed by atoms with Gasteiger partial charge in [0.25, 0.3) is 0 Å². The van der Waals surface area contributed by atoms with Gasteiger partial charge in [-0.15, -0.1) is 0 Å². The molecular formula is C27H25N3. The van der Waals surface area contributed by atoms with Gasteiger partial charge in [0.05, 0.1) is 0 Å². The molecular weight excluding hydrogens is 366 g/mol. The number of rotatable bonds is 4. The molecule has 0 aliphatic heterocycles. The van der Waals surface area contributed by atoms with Gasteiger partial charge in [-0.2, -0.15) is 0 Å². The molecule has 0 saturated heterocycles. The van der Waals surface area contributed by atoms with E-state index in [0.717, 1.165) is 41.4 Å². The topological polar surface area (TPSA) is 38.7 Å². The van der Waals surface area contributed by atoms with E-state index >= 15 is 0 Å². The van der Waals surface area contributed by atoms with Crippen molar-refractivity contribution < 1.29 is 0 Å². The SMILES string of the molecule is CCC1(CC)c2ccccc2-c2ccc(-c3nc(C)nc(-c4ccccc4)n3)cc21. The van der Waals surface area contributed by atoms with Crippen LogP contribution in [0, 0.1) is 6.92 Å². The summed E-state index contributed by atoms with van der Waals surface area (Å²) in [5, 5.41) is 0. The van der Waals surface area contributed by atoms with E-state index in [1.165, 1.54) is 22.3 Å². The van der Waals surface area contributed by atoms with Crippen LogP contribution in [0.2, 0.25) is 0 Å². The van der Waals surface area contributed by atoms with Crippen LogP contribution in [0.15, 0.2) is 72.8 Å². The predicted molar refractivity (Wildman–Crippen MR) is 122 cm³/mol. The summed E-state index contributed by atoms with van der Waals surface area (Å²) in [6.07, 6.45) is 2.14. The van der Waals surface area contributed by atoms with Crippen LogP contribution in [-0.4, -0.2) is 15.0 Å². The van der Waals surface area contributed by atoms with Crippen LogP contribution < -0.4 is 0 Å². The minimum Gasteiger partial charge on any atom is -0.213 e. The molecule has 3 nitrogen and oxygen atoms in total. The maximum Gasteiger partial charge on any atom is 0.163 e. The van der Waals surface area contributed by atoms with Gasteiger partial charge in [0.15, 0.2) is 11.6 Å². The van der Waals surface area contributed by atoms with Gasteiger partial charge in [-0.1, -0.05) is 80.6 Å². The lowest BCUT2D eigenvalue weighted by atomic mass is 9.73. The van der Waals surface area contributed by atoms with Crippen LogP contribution >= 0.6 is 0 Å². The summed E-state index contributed by atoms with van der Waals surface area (Å²) in [5.41, 5.74) is 7.65. The fraction of sp³-hybridized carbons (Fsp3) is 0.222. The summed E-state index contributed by atoms with van der Waals surface area (Å²) in [6, 6.07) is 25.7. The molecule has 0 bridgehead atoms. The molecule has 0 spiro atoms. The number of hydrogen-bond acceptors (Lipinski definition) is 3. The first-order chi connectivity index (χ1) is 14.7. The lowest BCUT2D eigenvalue weighted by Gasteiger charge is -2.29. The Morgan fingerprint density at radius 1 is 0.633 bits per heavy atom. The average Bonchev–Trinajstić information content (AvgIpc) is 3.09. The maximum absolute atomic E-state index is 4.83. The third kappa shape index (κ3) is 2.77. The predicted octanol–water partition coefficient (Wildman–Crippen LogP) is 6.60. The van der Waals surface area contributed by atoms with Crippen LogP contribution in [-0.2, 0) is 5.41 Å². The summed E-state index contributed by atoms with van der Waals surface area (Å²) >= 11 is 0. The molecule has 5 rings (SSSR count). The highest BCUT2D eigenvalue weighted by atomic mass is 15.0. The molecule has 148 valence electrons. The van der Waals surface area contributed by atoms with Gasteiger partial charge < -0.3 is 0 Å². The van der Waals surface area contributed by atoms with Gasteiger partial charge in [0.1, 0.15) is 5.82 Å². The van der Waals surface area contributed by atoms with E-state index < -0.39 is 0 Å². The average molecular weight is 392 g/mol. The molecule has 1 aliphatic carbocycles. The van der Waals surface area contributed by atoms with Crippen molar-refractivity contribution in [3.63, 3.8) is 0 Å². The Bertz CT molecular complexity index is 1220. The smallest absolute Gasteiger partial charge is 0.163 e. The second-order valence-corrected chi connectivity index (χ2v) is 7.99.